The van der Waals surface area contributed by atoms with Crippen LogP contribution in [0.3, 0.4) is 0 Å². The number of benzene rings is 2. The van der Waals surface area contributed by atoms with E-state index in [1.807, 2.05) is 13.8 Å². The minimum absolute atomic E-state index is 0.340. The molecule has 26 heavy (non-hydrogen) atoms. The molecular weight excluding hydrogens is 371 g/mol. The summed E-state index contributed by atoms with van der Waals surface area (Å²) in [4.78, 5) is 12.7. The molecule has 1 N–H and O–H groups in total. The third-order valence-corrected chi connectivity index (χ3v) is 4.39. The van der Waals surface area contributed by atoms with Crippen molar-refractivity contribution in [3.63, 3.8) is 0 Å². The van der Waals surface area contributed by atoms with Crippen molar-refractivity contribution in [2.45, 2.75) is 13.8 Å². The summed E-state index contributed by atoms with van der Waals surface area (Å²) < 4.78 is 1.63. The second-order valence-corrected chi connectivity index (χ2v) is 6.61. The molecule has 2 aromatic carbocycles. The maximum Gasteiger partial charge on any atom is 0.256 e. The summed E-state index contributed by atoms with van der Waals surface area (Å²) in [7, 11) is 0. The van der Waals surface area contributed by atoms with Crippen molar-refractivity contribution < 1.29 is 4.79 Å². The van der Waals surface area contributed by atoms with Gasteiger partial charge < -0.3 is 5.32 Å². The first kappa shape index (κ1) is 18.0. The van der Waals surface area contributed by atoms with Crippen molar-refractivity contribution in [2.75, 3.05) is 5.32 Å². The van der Waals surface area contributed by atoms with Crippen LogP contribution in [0.4, 0.5) is 5.82 Å². The highest BCUT2D eigenvalue weighted by molar-refractivity contribution is 6.35. The number of aromatic nitrogens is 2. The zero-order chi connectivity index (χ0) is 18.8. The van der Waals surface area contributed by atoms with Crippen LogP contribution < -0.4 is 5.32 Å². The summed E-state index contributed by atoms with van der Waals surface area (Å²) in [6, 6.07) is 13.7. The van der Waals surface area contributed by atoms with Gasteiger partial charge in [0.1, 0.15) is 5.82 Å². The molecule has 7 heteroatoms. The van der Waals surface area contributed by atoms with E-state index in [-0.39, 0.29) is 5.91 Å². The number of aryl methyl sites for hydroxylation is 1. The number of anilines is 1. The lowest BCUT2D eigenvalue weighted by Crippen LogP contribution is -2.16. The molecule has 0 fully saturated rings. The first-order valence-electron chi connectivity index (χ1n) is 7.73. The monoisotopic (exact) mass is 384 g/mol. The maximum atomic E-state index is 12.7. The van der Waals surface area contributed by atoms with Gasteiger partial charge in [-0.15, -0.1) is 0 Å². The predicted octanol–water partition coefficient (Wildman–Crippen LogP) is 4.92. The normalized spacial score (nSPS) is 10.4. The fourth-order valence-electron chi connectivity index (χ4n) is 2.48. The fourth-order valence-corrected chi connectivity index (χ4v) is 3.01. The molecule has 0 saturated carbocycles. The predicted molar refractivity (Wildman–Crippen MR) is 102 cm³/mol. The third kappa shape index (κ3) is 3.57. The van der Waals surface area contributed by atoms with Gasteiger partial charge in [0.2, 0.25) is 0 Å². The van der Waals surface area contributed by atoms with Gasteiger partial charge in [0, 0.05) is 21.2 Å². The largest absolute Gasteiger partial charge is 0.306 e. The molecule has 5 nitrogen and oxygen atoms in total. The highest BCUT2D eigenvalue weighted by atomic mass is 35.5. The fraction of sp³-hybridized carbons (Fsp3) is 0.105. The number of nitriles is 1. The van der Waals surface area contributed by atoms with Gasteiger partial charge in [-0.3, -0.25) is 4.79 Å². The number of hydrogen-bond donors (Lipinski definition) is 1. The number of nitrogens with zero attached hydrogens (tertiary/aromatic N) is 3. The second-order valence-electron chi connectivity index (χ2n) is 5.74. The zero-order valence-electron chi connectivity index (χ0n) is 14.0. The van der Waals surface area contributed by atoms with Crippen LogP contribution in [0.1, 0.15) is 27.2 Å². The molecule has 1 amide bonds. The van der Waals surface area contributed by atoms with Crippen LogP contribution >= 0.6 is 23.2 Å². The van der Waals surface area contributed by atoms with E-state index in [0.717, 1.165) is 16.9 Å². The van der Waals surface area contributed by atoms with Crippen molar-refractivity contribution in [3.8, 4) is 11.8 Å². The Kier molecular flexibility index (Phi) is 4.99. The van der Waals surface area contributed by atoms with Gasteiger partial charge in [0.25, 0.3) is 5.91 Å². The van der Waals surface area contributed by atoms with E-state index in [9.17, 15) is 4.79 Å². The Hall–Kier alpha value is -2.81. The molecule has 3 aromatic rings. The highest BCUT2D eigenvalue weighted by Gasteiger charge is 2.17. The average Bonchev–Trinajstić information content (AvgIpc) is 2.89. The Morgan fingerprint density at radius 1 is 1.12 bits per heavy atom. The van der Waals surface area contributed by atoms with Crippen LogP contribution in [0.2, 0.25) is 10.0 Å². The lowest BCUT2D eigenvalue weighted by molar-refractivity contribution is 0.102. The highest BCUT2D eigenvalue weighted by Crippen LogP contribution is 2.25. The van der Waals surface area contributed by atoms with E-state index < -0.39 is 0 Å². The number of rotatable bonds is 3. The van der Waals surface area contributed by atoms with E-state index in [1.54, 1.807) is 47.1 Å². The maximum absolute atomic E-state index is 12.7. The van der Waals surface area contributed by atoms with Crippen molar-refractivity contribution in [2.24, 2.45) is 0 Å². The minimum Gasteiger partial charge on any atom is -0.306 e. The van der Waals surface area contributed by atoms with Crippen LogP contribution in [0, 0.1) is 25.2 Å². The summed E-state index contributed by atoms with van der Waals surface area (Å²) in [5, 5.41) is 17.1. The molecular formula is C19H14Cl2N4O. The van der Waals surface area contributed by atoms with Crippen LogP contribution in [0.15, 0.2) is 42.5 Å². The molecule has 130 valence electrons. The van der Waals surface area contributed by atoms with E-state index in [1.165, 1.54) is 0 Å². The van der Waals surface area contributed by atoms with E-state index in [4.69, 9.17) is 28.5 Å². The molecule has 0 radical (unpaired) electrons. The van der Waals surface area contributed by atoms with Crippen molar-refractivity contribution in [1.29, 1.82) is 5.26 Å². The van der Waals surface area contributed by atoms with Gasteiger partial charge in [-0.2, -0.15) is 10.4 Å². The summed E-state index contributed by atoms with van der Waals surface area (Å²) >= 11 is 12.0. The average molecular weight is 385 g/mol. The lowest BCUT2D eigenvalue weighted by Gasteiger charge is -2.11. The van der Waals surface area contributed by atoms with Gasteiger partial charge in [-0.1, -0.05) is 23.2 Å². The molecule has 0 aliphatic rings. The summed E-state index contributed by atoms with van der Waals surface area (Å²) in [6.07, 6.45) is 0. The number of amides is 1. The van der Waals surface area contributed by atoms with Gasteiger partial charge in [0.15, 0.2) is 0 Å². The molecule has 1 heterocycles. The molecule has 3 rings (SSSR count). The Morgan fingerprint density at radius 2 is 1.73 bits per heavy atom. The van der Waals surface area contributed by atoms with E-state index in [0.29, 0.717) is 27.0 Å². The third-order valence-electron chi connectivity index (χ3n) is 3.96. The molecule has 0 spiro atoms. The molecule has 0 bridgehead atoms. The zero-order valence-corrected chi connectivity index (χ0v) is 15.6. The minimum atomic E-state index is -0.340. The summed E-state index contributed by atoms with van der Waals surface area (Å²) in [6.45, 7) is 3.74. The number of carbonyl (C=O) groups excluding carboxylic acids is 1. The molecule has 1 aromatic heterocycles. The molecule has 0 unspecified atom stereocenters. The topological polar surface area (TPSA) is 70.7 Å². The van der Waals surface area contributed by atoms with Crippen LogP contribution in [0.25, 0.3) is 5.69 Å². The SMILES string of the molecule is Cc1nn(-c2ccc(C#N)cc2)c(NC(=O)c2cc(Cl)cc(Cl)c2)c1C. The van der Waals surface area contributed by atoms with Crippen LogP contribution in [-0.2, 0) is 0 Å². The number of carbonyl (C=O) groups is 1. The molecule has 0 saturated heterocycles. The summed E-state index contributed by atoms with van der Waals surface area (Å²) in [5.41, 5.74) is 3.27. The van der Waals surface area contributed by atoms with Crippen LogP contribution in [0.5, 0.6) is 0 Å². The Morgan fingerprint density at radius 3 is 2.31 bits per heavy atom. The number of hydrogen-bond acceptors (Lipinski definition) is 3. The number of nitrogens with one attached hydrogen (secondary N) is 1. The number of halogens is 2. The van der Waals surface area contributed by atoms with E-state index >= 15 is 0 Å². The second kappa shape index (κ2) is 7.20. The molecule has 0 aliphatic heterocycles. The smallest absolute Gasteiger partial charge is 0.256 e. The van der Waals surface area contributed by atoms with E-state index in [2.05, 4.69) is 16.5 Å². The lowest BCUT2D eigenvalue weighted by atomic mass is 10.2. The Labute approximate surface area is 160 Å². The Balaban J connectivity index is 1.99. The first-order chi connectivity index (χ1) is 12.4. The Bertz CT molecular complexity index is 1010. The first-order valence-corrected chi connectivity index (χ1v) is 8.49. The van der Waals surface area contributed by atoms with Gasteiger partial charge in [-0.05, 0) is 56.3 Å². The standard InChI is InChI=1S/C19H14Cl2N4O/c1-11-12(2)24-25(17-5-3-13(10-22)4-6-17)18(11)23-19(26)14-7-15(20)9-16(21)8-14/h3-9H,1-2H3,(H,23,26). The van der Waals surface area contributed by atoms with Gasteiger partial charge >= 0.3 is 0 Å². The van der Waals surface area contributed by atoms with Gasteiger partial charge in [0.05, 0.1) is 23.0 Å². The van der Waals surface area contributed by atoms with Crippen molar-refractivity contribution in [3.05, 3.63) is 74.9 Å². The van der Waals surface area contributed by atoms with Crippen LogP contribution in [-0.4, -0.2) is 15.7 Å². The van der Waals surface area contributed by atoms with Crippen molar-refractivity contribution in [1.82, 2.24) is 9.78 Å². The quantitative estimate of drug-likeness (QED) is 0.696. The summed E-state index contributed by atoms with van der Waals surface area (Å²) in [5.74, 6) is 0.209. The molecule has 0 aliphatic carbocycles. The van der Waals surface area contributed by atoms with Gasteiger partial charge in [-0.25, -0.2) is 4.68 Å². The molecule has 0 atom stereocenters. The van der Waals surface area contributed by atoms with Crippen molar-refractivity contribution >= 4 is 34.9 Å².